The monoisotopic (exact) mass is 305 g/mol. The molecule has 1 aliphatic rings. The molecular weight excluding hydrogens is 290 g/mol. The minimum atomic E-state index is -1.06. The topological polar surface area (TPSA) is 70.8 Å². The van der Waals surface area contributed by atoms with Crippen molar-refractivity contribution in [2.75, 3.05) is 6.54 Å². The third-order valence-electron chi connectivity index (χ3n) is 3.68. The number of hydrogen-bond acceptors (Lipinski definition) is 4. The molecule has 0 spiro atoms. The van der Waals surface area contributed by atoms with E-state index in [1.165, 1.54) is 16.5 Å². The van der Waals surface area contributed by atoms with E-state index in [2.05, 4.69) is 6.07 Å². The highest BCUT2D eigenvalue weighted by Crippen LogP contribution is 2.26. The lowest BCUT2D eigenvalue weighted by atomic mass is 10.1. The van der Waals surface area contributed by atoms with E-state index in [-0.39, 0.29) is 17.2 Å². The molecule has 0 bridgehead atoms. The number of fused-ring (bicyclic) bond motifs is 1. The first-order valence-electron chi connectivity index (χ1n) is 6.80. The van der Waals surface area contributed by atoms with Crippen LogP contribution in [-0.4, -0.2) is 28.4 Å². The third-order valence-corrected chi connectivity index (χ3v) is 4.63. The van der Waals surface area contributed by atoms with Gasteiger partial charge in [-0.05, 0) is 23.4 Å². The third kappa shape index (κ3) is 2.47. The summed E-state index contributed by atoms with van der Waals surface area (Å²) >= 11 is 1.64. The standard InChI is InChI=1S/C15H15NO4S/c1-2-11-10(15(18)19)7-12(20-11)14(17)16-5-3-9-4-6-21-13(9)8-16/h4,6-7H,2-3,5,8H2,1H3,(H,18,19). The number of aromatic carboxylic acids is 1. The quantitative estimate of drug-likeness (QED) is 0.946. The summed E-state index contributed by atoms with van der Waals surface area (Å²) < 4.78 is 5.44. The van der Waals surface area contributed by atoms with Gasteiger partial charge in [0.25, 0.3) is 5.91 Å². The number of furan rings is 1. The van der Waals surface area contributed by atoms with Crippen molar-refractivity contribution >= 4 is 23.2 Å². The van der Waals surface area contributed by atoms with Crippen LogP contribution in [0.4, 0.5) is 0 Å². The molecule has 5 nitrogen and oxygen atoms in total. The van der Waals surface area contributed by atoms with Crippen LogP contribution in [0.1, 0.15) is 44.0 Å². The van der Waals surface area contributed by atoms with E-state index in [1.807, 2.05) is 5.38 Å². The molecular formula is C15H15NO4S. The van der Waals surface area contributed by atoms with Crippen LogP contribution in [0.5, 0.6) is 0 Å². The predicted molar refractivity (Wildman–Crippen MR) is 77.8 cm³/mol. The summed E-state index contributed by atoms with van der Waals surface area (Å²) in [5, 5.41) is 11.2. The minimum Gasteiger partial charge on any atom is -0.478 e. The second-order valence-electron chi connectivity index (χ2n) is 4.95. The van der Waals surface area contributed by atoms with E-state index in [4.69, 9.17) is 9.52 Å². The van der Waals surface area contributed by atoms with Crippen molar-refractivity contribution in [3.8, 4) is 0 Å². The van der Waals surface area contributed by atoms with Crippen LogP contribution in [0.3, 0.4) is 0 Å². The predicted octanol–water partition coefficient (Wildman–Crippen LogP) is 2.80. The molecule has 1 N–H and O–H groups in total. The van der Waals surface area contributed by atoms with E-state index >= 15 is 0 Å². The van der Waals surface area contributed by atoms with E-state index in [1.54, 1.807) is 23.2 Å². The Labute approximate surface area is 125 Å². The van der Waals surface area contributed by atoms with Gasteiger partial charge in [0.15, 0.2) is 5.76 Å². The maximum atomic E-state index is 12.5. The molecule has 6 heteroatoms. The van der Waals surface area contributed by atoms with Gasteiger partial charge in [0.05, 0.1) is 6.54 Å². The van der Waals surface area contributed by atoms with Crippen molar-refractivity contribution < 1.29 is 19.1 Å². The van der Waals surface area contributed by atoms with E-state index in [0.717, 1.165) is 6.42 Å². The summed E-state index contributed by atoms with van der Waals surface area (Å²) in [6.45, 7) is 3.00. The highest BCUT2D eigenvalue weighted by molar-refractivity contribution is 7.10. The van der Waals surface area contributed by atoms with Gasteiger partial charge in [-0.25, -0.2) is 4.79 Å². The van der Waals surface area contributed by atoms with Crippen LogP contribution in [0.25, 0.3) is 0 Å². The van der Waals surface area contributed by atoms with E-state index in [0.29, 0.717) is 25.3 Å². The maximum absolute atomic E-state index is 12.5. The zero-order valence-electron chi connectivity index (χ0n) is 11.6. The van der Waals surface area contributed by atoms with Gasteiger partial charge in [0.2, 0.25) is 0 Å². The fourth-order valence-corrected chi connectivity index (χ4v) is 3.49. The fraction of sp³-hybridized carbons (Fsp3) is 0.333. The number of carbonyl (C=O) groups excluding carboxylic acids is 1. The highest BCUT2D eigenvalue weighted by atomic mass is 32.1. The average Bonchev–Trinajstić information content (AvgIpc) is 3.11. The van der Waals surface area contributed by atoms with Crippen LogP contribution in [-0.2, 0) is 19.4 Å². The first kappa shape index (κ1) is 13.9. The van der Waals surface area contributed by atoms with Gasteiger partial charge >= 0.3 is 5.97 Å². The SMILES string of the molecule is CCc1oc(C(=O)N2CCc3ccsc3C2)cc1C(=O)O. The number of rotatable bonds is 3. The summed E-state index contributed by atoms with van der Waals surface area (Å²) in [5.74, 6) is -0.839. The van der Waals surface area contributed by atoms with Crippen molar-refractivity contribution in [1.29, 1.82) is 0 Å². The zero-order chi connectivity index (χ0) is 15.0. The minimum absolute atomic E-state index is 0.0784. The first-order chi connectivity index (χ1) is 10.1. The Bertz CT molecular complexity index is 700. The van der Waals surface area contributed by atoms with Crippen LogP contribution in [0, 0.1) is 0 Å². The molecule has 1 aliphatic heterocycles. The molecule has 0 radical (unpaired) electrons. The Hall–Kier alpha value is -2.08. The molecule has 2 aromatic heterocycles. The Balaban J connectivity index is 1.85. The molecule has 0 saturated heterocycles. The Morgan fingerprint density at radius 3 is 2.95 bits per heavy atom. The smallest absolute Gasteiger partial charge is 0.339 e. The fourth-order valence-electron chi connectivity index (χ4n) is 2.54. The molecule has 0 atom stereocenters. The Morgan fingerprint density at radius 1 is 1.48 bits per heavy atom. The number of carboxylic acid groups (broad SMARTS) is 1. The summed E-state index contributed by atoms with van der Waals surface area (Å²) in [4.78, 5) is 26.5. The molecule has 0 fully saturated rings. The number of aryl methyl sites for hydroxylation is 1. The molecule has 3 rings (SSSR count). The van der Waals surface area contributed by atoms with E-state index < -0.39 is 5.97 Å². The van der Waals surface area contributed by atoms with Gasteiger partial charge in [-0.3, -0.25) is 4.79 Å². The van der Waals surface area contributed by atoms with Gasteiger partial charge in [-0.15, -0.1) is 11.3 Å². The summed E-state index contributed by atoms with van der Waals surface area (Å²) in [6.07, 6.45) is 1.28. The van der Waals surface area contributed by atoms with Crippen molar-refractivity contribution in [3.63, 3.8) is 0 Å². The average molecular weight is 305 g/mol. The van der Waals surface area contributed by atoms with Crippen molar-refractivity contribution in [2.24, 2.45) is 0 Å². The number of carbonyl (C=O) groups is 2. The summed E-state index contributed by atoms with van der Waals surface area (Å²) in [7, 11) is 0. The van der Waals surface area contributed by atoms with Crippen molar-refractivity contribution in [3.05, 3.63) is 45.0 Å². The lowest BCUT2D eigenvalue weighted by molar-refractivity contribution is 0.0687. The molecule has 0 aliphatic carbocycles. The van der Waals surface area contributed by atoms with Crippen molar-refractivity contribution in [1.82, 2.24) is 4.90 Å². The molecule has 21 heavy (non-hydrogen) atoms. The van der Waals surface area contributed by atoms with Crippen LogP contribution in [0.15, 0.2) is 21.9 Å². The van der Waals surface area contributed by atoms with Gasteiger partial charge in [0, 0.05) is 23.9 Å². The maximum Gasteiger partial charge on any atom is 0.339 e. The second-order valence-corrected chi connectivity index (χ2v) is 5.95. The molecule has 110 valence electrons. The molecule has 0 saturated carbocycles. The molecule has 0 unspecified atom stereocenters. The lowest BCUT2D eigenvalue weighted by Gasteiger charge is -2.25. The molecule has 2 aromatic rings. The van der Waals surface area contributed by atoms with Crippen molar-refractivity contribution in [2.45, 2.75) is 26.3 Å². The van der Waals surface area contributed by atoms with Crippen LogP contribution >= 0.6 is 11.3 Å². The Morgan fingerprint density at radius 2 is 2.29 bits per heavy atom. The molecule has 1 amide bonds. The number of hydrogen-bond donors (Lipinski definition) is 1. The summed E-state index contributed by atoms with van der Waals surface area (Å²) in [6, 6.07) is 3.43. The zero-order valence-corrected chi connectivity index (χ0v) is 12.4. The van der Waals surface area contributed by atoms with Crippen LogP contribution in [0.2, 0.25) is 0 Å². The van der Waals surface area contributed by atoms with Gasteiger partial charge < -0.3 is 14.4 Å². The second kappa shape index (κ2) is 5.37. The van der Waals surface area contributed by atoms with Gasteiger partial charge in [-0.2, -0.15) is 0 Å². The van der Waals surface area contributed by atoms with E-state index in [9.17, 15) is 9.59 Å². The number of carboxylic acids is 1. The number of thiophene rings is 1. The Kier molecular flexibility index (Phi) is 3.55. The van der Waals surface area contributed by atoms with Crippen LogP contribution < -0.4 is 0 Å². The van der Waals surface area contributed by atoms with Gasteiger partial charge in [-0.1, -0.05) is 6.92 Å². The first-order valence-corrected chi connectivity index (χ1v) is 7.68. The van der Waals surface area contributed by atoms with Gasteiger partial charge in [0.1, 0.15) is 11.3 Å². The lowest BCUT2D eigenvalue weighted by Crippen LogP contribution is -2.35. The molecule has 3 heterocycles. The number of nitrogens with zero attached hydrogens (tertiary/aromatic N) is 1. The molecule has 0 aromatic carbocycles. The largest absolute Gasteiger partial charge is 0.478 e. The highest BCUT2D eigenvalue weighted by Gasteiger charge is 2.27. The number of amides is 1. The normalized spacial score (nSPS) is 14.0. The summed E-state index contributed by atoms with van der Waals surface area (Å²) in [5.41, 5.74) is 1.37.